The fourth-order valence-corrected chi connectivity index (χ4v) is 9.06. The Morgan fingerprint density at radius 3 is 1.00 bits per heavy atom. The summed E-state index contributed by atoms with van der Waals surface area (Å²) in [6.45, 7) is 27.9. The van der Waals surface area contributed by atoms with Crippen molar-refractivity contribution in [2.24, 2.45) is 11.8 Å². The summed E-state index contributed by atoms with van der Waals surface area (Å²) in [6, 6.07) is 0. The molecule has 0 aliphatic heterocycles. The fourth-order valence-electron chi connectivity index (χ4n) is 2.64. The number of hydrogen-bond acceptors (Lipinski definition) is 0. The van der Waals surface area contributed by atoms with Crippen LogP contribution in [0.15, 0.2) is 0 Å². The zero-order valence-corrected chi connectivity index (χ0v) is 23.2. The summed E-state index contributed by atoms with van der Waals surface area (Å²) in [4.78, 5) is 0. The van der Waals surface area contributed by atoms with Crippen molar-refractivity contribution in [3.8, 4) is 0 Å². The fraction of sp³-hybridized carbons (Fsp3) is 1.00. The van der Waals surface area contributed by atoms with Gasteiger partial charge in [0, 0.05) is 0 Å². The van der Waals surface area contributed by atoms with Crippen LogP contribution in [0.1, 0.15) is 134 Å². The second-order valence-corrected chi connectivity index (χ2v) is 19.2. The Kier molecular flexibility index (Phi) is 22.2. The van der Waals surface area contributed by atoms with Crippen LogP contribution in [-0.4, -0.2) is 21.1 Å². The molecule has 0 aromatic carbocycles. The second kappa shape index (κ2) is 18.2. The van der Waals surface area contributed by atoms with Gasteiger partial charge in [0.15, 0.2) is 0 Å². The number of unbranched alkanes of at least 4 members (excludes halogenated alkanes) is 2. The molecular formula is C24H54Sn. The predicted octanol–water partition coefficient (Wildman–Crippen LogP) is 9.57. The molecule has 0 nitrogen and oxygen atoms in total. The Hall–Kier alpha value is 0.799. The standard InChI is InChI=1S/2C8H18.2C4H9.Sn/c2*1-4-6-7-8(3)5-2;2*1-4(2)3;/h2*8H,4-7H2,1-3H3;2*1-3H3;. The van der Waals surface area contributed by atoms with E-state index in [9.17, 15) is 0 Å². The number of hydrogen-bond donors (Lipinski definition) is 0. The molecule has 0 bridgehead atoms. The van der Waals surface area contributed by atoms with E-state index in [-0.39, 0.29) is 21.1 Å². The maximum atomic E-state index is 2.37. The first-order chi connectivity index (χ1) is 11.3. The van der Waals surface area contributed by atoms with Crippen molar-refractivity contribution in [3.05, 3.63) is 0 Å². The van der Waals surface area contributed by atoms with Crippen LogP contribution in [0, 0.1) is 11.8 Å². The average Bonchev–Trinajstić information content (AvgIpc) is 2.47. The normalized spacial score (nSPS) is 13.9. The molecule has 0 heterocycles. The molecule has 2 radical (unpaired) electrons. The van der Waals surface area contributed by atoms with Gasteiger partial charge < -0.3 is 0 Å². The van der Waals surface area contributed by atoms with Gasteiger partial charge in [-0.2, -0.15) is 0 Å². The van der Waals surface area contributed by atoms with E-state index < -0.39 is 0 Å². The molecule has 0 spiro atoms. The van der Waals surface area contributed by atoms with Crippen molar-refractivity contribution in [2.45, 2.75) is 141 Å². The van der Waals surface area contributed by atoms with Crippen LogP contribution in [0.25, 0.3) is 0 Å². The quantitative estimate of drug-likeness (QED) is 0.316. The predicted molar refractivity (Wildman–Crippen MR) is 123 cm³/mol. The van der Waals surface area contributed by atoms with E-state index in [1.807, 2.05) is 0 Å². The van der Waals surface area contributed by atoms with Crippen molar-refractivity contribution >= 4 is 21.1 Å². The van der Waals surface area contributed by atoms with Crippen LogP contribution in [0.4, 0.5) is 0 Å². The topological polar surface area (TPSA) is 0 Å². The van der Waals surface area contributed by atoms with Gasteiger partial charge in [0.25, 0.3) is 0 Å². The summed E-state index contributed by atoms with van der Waals surface area (Å²) in [5.41, 5.74) is 0. The molecule has 25 heavy (non-hydrogen) atoms. The zero-order valence-electron chi connectivity index (χ0n) is 20.3. The average molecular weight is 461 g/mol. The summed E-state index contributed by atoms with van der Waals surface area (Å²) in [6.07, 6.45) is 11.1. The summed E-state index contributed by atoms with van der Waals surface area (Å²) in [7, 11) is 0. The molecule has 0 N–H and O–H groups in total. The molecule has 0 aliphatic rings. The summed E-state index contributed by atoms with van der Waals surface area (Å²) in [5.74, 6) is 1.91. The van der Waals surface area contributed by atoms with Gasteiger partial charge in [-0.3, -0.25) is 0 Å². The Morgan fingerprint density at radius 2 is 0.880 bits per heavy atom. The number of rotatable bonds is 8. The molecular weight excluding hydrogens is 407 g/mol. The van der Waals surface area contributed by atoms with Crippen molar-refractivity contribution in [3.63, 3.8) is 0 Å². The van der Waals surface area contributed by atoms with Crippen molar-refractivity contribution in [1.82, 2.24) is 0 Å². The van der Waals surface area contributed by atoms with Crippen LogP contribution in [0.3, 0.4) is 0 Å². The summed E-state index contributed by atoms with van der Waals surface area (Å²) < 4.78 is 1.31. The van der Waals surface area contributed by atoms with Crippen LogP contribution < -0.4 is 0 Å². The van der Waals surface area contributed by atoms with E-state index in [1.165, 1.54) is 51.4 Å². The van der Waals surface area contributed by atoms with Gasteiger partial charge in [-0.25, -0.2) is 0 Å². The molecule has 0 amide bonds. The minimum atomic E-state index is -0.182. The molecule has 0 aliphatic carbocycles. The van der Waals surface area contributed by atoms with E-state index in [1.54, 1.807) is 0 Å². The Balaban J connectivity index is -0.000000291. The Labute approximate surface area is 173 Å². The van der Waals surface area contributed by atoms with E-state index in [0.29, 0.717) is 6.86 Å². The van der Waals surface area contributed by atoms with Gasteiger partial charge >= 0.3 is 69.5 Å². The SMILES string of the molecule is CCCCC(C)CC.CCCCC(C)CC.C[C](C)(C)[Sn][C](C)(C)C. The van der Waals surface area contributed by atoms with Crippen molar-refractivity contribution in [1.29, 1.82) is 0 Å². The first kappa shape index (κ1) is 30.5. The van der Waals surface area contributed by atoms with Gasteiger partial charge in [-0.05, 0) is 11.8 Å². The molecule has 1 heteroatoms. The Morgan fingerprint density at radius 1 is 0.600 bits per heavy atom. The first-order valence-corrected chi connectivity index (χ1v) is 14.0. The monoisotopic (exact) mass is 462 g/mol. The summed E-state index contributed by atoms with van der Waals surface area (Å²) in [5, 5.41) is 0. The molecule has 0 saturated heterocycles. The van der Waals surface area contributed by atoms with Crippen LogP contribution >= 0.6 is 0 Å². The van der Waals surface area contributed by atoms with E-state index in [0.717, 1.165) is 11.8 Å². The third kappa shape index (κ3) is 36.5. The molecule has 2 atom stereocenters. The molecule has 2 unspecified atom stereocenters. The Bertz CT molecular complexity index is 218. The molecule has 0 aromatic rings. The molecule has 0 fully saturated rings. The maximum absolute atomic E-state index is 2.37. The van der Waals surface area contributed by atoms with Crippen LogP contribution in [-0.2, 0) is 0 Å². The summed E-state index contributed by atoms with van der Waals surface area (Å²) >= 11 is -0.182. The third-order valence-electron chi connectivity index (χ3n) is 4.24. The zero-order chi connectivity index (χ0) is 20.5. The van der Waals surface area contributed by atoms with E-state index in [2.05, 4.69) is 83.1 Å². The minimum absolute atomic E-state index is 0.182. The molecule has 0 rings (SSSR count). The van der Waals surface area contributed by atoms with Crippen LogP contribution in [0.5, 0.6) is 0 Å². The van der Waals surface area contributed by atoms with Crippen molar-refractivity contribution in [2.75, 3.05) is 0 Å². The third-order valence-corrected chi connectivity index (χ3v) is 8.53. The van der Waals surface area contributed by atoms with E-state index in [4.69, 9.17) is 0 Å². The molecule has 154 valence electrons. The van der Waals surface area contributed by atoms with Gasteiger partial charge in [0.05, 0.1) is 0 Å². The van der Waals surface area contributed by atoms with Crippen LogP contribution in [0.2, 0.25) is 6.86 Å². The van der Waals surface area contributed by atoms with E-state index >= 15 is 0 Å². The van der Waals surface area contributed by atoms with Gasteiger partial charge in [0.2, 0.25) is 0 Å². The molecule has 0 aromatic heterocycles. The molecule has 0 saturated carbocycles. The second-order valence-electron chi connectivity index (χ2n) is 9.94. The van der Waals surface area contributed by atoms with Gasteiger partial charge in [-0.15, -0.1) is 0 Å². The van der Waals surface area contributed by atoms with Gasteiger partial charge in [-0.1, -0.05) is 92.9 Å². The van der Waals surface area contributed by atoms with Gasteiger partial charge in [0.1, 0.15) is 0 Å². The van der Waals surface area contributed by atoms with Crippen molar-refractivity contribution < 1.29 is 0 Å². The first-order valence-electron chi connectivity index (χ1n) is 11.1.